The highest BCUT2D eigenvalue weighted by molar-refractivity contribution is 7.90. The lowest BCUT2D eigenvalue weighted by molar-refractivity contribution is 0.276. The van der Waals surface area contributed by atoms with Crippen molar-refractivity contribution in [1.29, 1.82) is 0 Å². The highest BCUT2D eigenvalue weighted by Crippen LogP contribution is 2.18. The van der Waals surface area contributed by atoms with E-state index in [2.05, 4.69) is 0 Å². The first-order valence-corrected chi connectivity index (χ1v) is 7.49. The number of hydrogen-bond donors (Lipinski definition) is 0. The number of sulfone groups is 1. The second kappa shape index (κ2) is 5.60. The molecule has 1 aromatic rings. The molecule has 0 spiro atoms. The van der Waals surface area contributed by atoms with Crippen molar-refractivity contribution in [2.24, 2.45) is 0 Å². The number of benzene rings is 1. The molecular weight excluding hydrogens is 241 g/mol. The molecule has 0 aromatic heterocycles. The average Bonchev–Trinajstić information content (AvgIpc) is 2.25. The van der Waals surface area contributed by atoms with E-state index >= 15 is 0 Å². The molecule has 0 fully saturated rings. The first-order chi connectivity index (χ1) is 7.79. The fraction of sp³-hybridized carbons (Fsp3) is 0.500. The molecule has 0 aliphatic heterocycles. The zero-order valence-corrected chi connectivity index (χ0v) is 11.2. The van der Waals surface area contributed by atoms with Gasteiger partial charge in [-0.3, -0.25) is 4.90 Å². The van der Waals surface area contributed by atoms with Crippen LogP contribution in [0.5, 0.6) is 0 Å². The summed E-state index contributed by atoms with van der Waals surface area (Å²) < 4.78 is 34.9. The van der Waals surface area contributed by atoms with Crippen LogP contribution in [0.15, 0.2) is 24.3 Å². The van der Waals surface area contributed by atoms with Gasteiger partial charge in [-0.25, -0.2) is 12.8 Å². The normalized spacial score (nSPS) is 13.9. The molecule has 0 saturated heterocycles. The lowest BCUT2D eigenvalue weighted by atomic mass is 10.1. The average molecular weight is 259 g/mol. The number of rotatable bonds is 5. The largest absolute Gasteiger partial charge is 0.299 e. The lowest BCUT2D eigenvalue weighted by Crippen LogP contribution is -2.28. The summed E-state index contributed by atoms with van der Waals surface area (Å²) in [5, 5.41) is 0. The minimum Gasteiger partial charge on any atom is -0.299 e. The van der Waals surface area contributed by atoms with Gasteiger partial charge in [-0.1, -0.05) is 12.1 Å². The Morgan fingerprint density at radius 1 is 1.29 bits per heavy atom. The smallest absolute Gasteiger partial charge is 0.148 e. The van der Waals surface area contributed by atoms with Gasteiger partial charge in [0.05, 0.1) is 5.75 Å². The van der Waals surface area contributed by atoms with Crippen molar-refractivity contribution in [2.45, 2.75) is 13.0 Å². The van der Waals surface area contributed by atoms with Crippen LogP contribution in [-0.2, 0) is 9.84 Å². The summed E-state index contributed by atoms with van der Waals surface area (Å²) in [6.45, 7) is 2.44. The first-order valence-electron chi connectivity index (χ1n) is 5.43. The Bertz CT molecular complexity index is 456. The van der Waals surface area contributed by atoms with E-state index in [1.165, 1.54) is 18.4 Å². The second-order valence-corrected chi connectivity index (χ2v) is 6.60. The van der Waals surface area contributed by atoms with Crippen molar-refractivity contribution in [3.8, 4) is 0 Å². The molecule has 1 aromatic carbocycles. The molecule has 96 valence electrons. The molecule has 0 radical (unpaired) electrons. The standard InChI is InChI=1S/C12H18FNO2S/c1-10(11-4-6-12(13)7-5-11)14(2)8-9-17(3,15)16/h4-7,10H,8-9H2,1-3H3. The number of halogens is 1. The van der Waals surface area contributed by atoms with Crippen LogP contribution in [0.2, 0.25) is 0 Å². The highest BCUT2D eigenvalue weighted by atomic mass is 32.2. The van der Waals surface area contributed by atoms with Gasteiger partial charge in [-0.15, -0.1) is 0 Å². The van der Waals surface area contributed by atoms with Gasteiger partial charge in [0, 0.05) is 18.8 Å². The molecule has 1 rings (SSSR count). The topological polar surface area (TPSA) is 37.4 Å². The predicted molar refractivity (Wildman–Crippen MR) is 67.2 cm³/mol. The molecule has 0 saturated carbocycles. The molecule has 0 amide bonds. The van der Waals surface area contributed by atoms with Crippen LogP contribution in [-0.4, -0.2) is 38.9 Å². The monoisotopic (exact) mass is 259 g/mol. The van der Waals surface area contributed by atoms with Crippen LogP contribution in [0.1, 0.15) is 18.5 Å². The maximum absolute atomic E-state index is 12.8. The van der Waals surface area contributed by atoms with Crippen molar-refractivity contribution < 1.29 is 12.8 Å². The maximum Gasteiger partial charge on any atom is 0.148 e. The molecule has 0 bridgehead atoms. The minimum absolute atomic E-state index is 0.0670. The molecule has 17 heavy (non-hydrogen) atoms. The molecular formula is C12H18FNO2S. The molecule has 1 atom stereocenters. The summed E-state index contributed by atoms with van der Waals surface area (Å²) in [7, 11) is -1.08. The predicted octanol–water partition coefficient (Wildman–Crippen LogP) is 1.86. The van der Waals surface area contributed by atoms with Gasteiger partial charge in [0.1, 0.15) is 15.7 Å². The van der Waals surface area contributed by atoms with E-state index in [1.54, 1.807) is 12.1 Å². The van der Waals surface area contributed by atoms with E-state index < -0.39 is 9.84 Å². The summed E-state index contributed by atoms with van der Waals surface area (Å²) in [6, 6.07) is 6.33. The molecule has 0 N–H and O–H groups in total. The molecule has 3 nitrogen and oxygen atoms in total. The van der Waals surface area contributed by atoms with Gasteiger partial charge in [0.2, 0.25) is 0 Å². The fourth-order valence-corrected chi connectivity index (χ4v) is 2.12. The number of hydrogen-bond acceptors (Lipinski definition) is 3. The number of nitrogens with zero attached hydrogens (tertiary/aromatic N) is 1. The third-order valence-electron chi connectivity index (χ3n) is 2.83. The van der Waals surface area contributed by atoms with E-state index in [9.17, 15) is 12.8 Å². The Morgan fingerprint density at radius 3 is 2.29 bits per heavy atom. The first kappa shape index (κ1) is 14.1. The third-order valence-corrected chi connectivity index (χ3v) is 3.75. The van der Waals surface area contributed by atoms with E-state index in [0.717, 1.165) is 5.56 Å². The molecule has 0 heterocycles. The van der Waals surface area contributed by atoms with Crippen LogP contribution in [0.3, 0.4) is 0 Å². The van der Waals surface area contributed by atoms with Gasteiger partial charge >= 0.3 is 0 Å². The SMILES string of the molecule is CC(c1ccc(F)cc1)N(C)CCS(C)(=O)=O. The fourth-order valence-electron chi connectivity index (χ4n) is 1.50. The van der Waals surface area contributed by atoms with Gasteiger partial charge < -0.3 is 0 Å². The summed E-state index contributed by atoms with van der Waals surface area (Å²) in [5.41, 5.74) is 0.974. The van der Waals surface area contributed by atoms with Gasteiger partial charge in [0.15, 0.2) is 0 Å². The van der Waals surface area contributed by atoms with Crippen LogP contribution in [0.4, 0.5) is 4.39 Å². The summed E-state index contributed by atoms with van der Waals surface area (Å²) in [6.07, 6.45) is 1.23. The summed E-state index contributed by atoms with van der Waals surface area (Å²) >= 11 is 0. The van der Waals surface area contributed by atoms with Crippen molar-refractivity contribution in [3.63, 3.8) is 0 Å². The van der Waals surface area contributed by atoms with Crippen LogP contribution in [0, 0.1) is 5.82 Å². The quantitative estimate of drug-likeness (QED) is 0.810. The minimum atomic E-state index is -2.94. The van der Waals surface area contributed by atoms with E-state index in [1.807, 2.05) is 18.9 Å². The Balaban J connectivity index is 2.63. The lowest BCUT2D eigenvalue weighted by Gasteiger charge is -2.24. The van der Waals surface area contributed by atoms with Crippen LogP contribution in [0.25, 0.3) is 0 Å². The van der Waals surface area contributed by atoms with Gasteiger partial charge in [-0.05, 0) is 31.7 Å². The second-order valence-electron chi connectivity index (χ2n) is 4.34. The zero-order valence-electron chi connectivity index (χ0n) is 10.4. The Labute approximate surface area is 102 Å². The molecule has 5 heteroatoms. The van der Waals surface area contributed by atoms with Crippen molar-refractivity contribution in [3.05, 3.63) is 35.6 Å². The highest BCUT2D eigenvalue weighted by Gasteiger charge is 2.13. The Hall–Kier alpha value is -0.940. The molecule has 0 aliphatic carbocycles. The van der Waals surface area contributed by atoms with Crippen molar-refractivity contribution >= 4 is 9.84 Å². The Morgan fingerprint density at radius 2 is 1.82 bits per heavy atom. The summed E-state index contributed by atoms with van der Waals surface area (Å²) in [4.78, 5) is 1.94. The van der Waals surface area contributed by atoms with Crippen molar-refractivity contribution in [1.82, 2.24) is 4.90 Å². The van der Waals surface area contributed by atoms with Crippen LogP contribution >= 0.6 is 0 Å². The van der Waals surface area contributed by atoms with E-state index in [-0.39, 0.29) is 17.6 Å². The molecule has 1 unspecified atom stereocenters. The zero-order chi connectivity index (χ0) is 13.1. The van der Waals surface area contributed by atoms with Gasteiger partial charge in [0.25, 0.3) is 0 Å². The molecule has 0 aliphatic rings. The van der Waals surface area contributed by atoms with Crippen LogP contribution < -0.4 is 0 Å². The van der Waals surface area contributed by atoms with E-state index in [4.69, 9.17) is 0 Å². The summed E-state index contributed by atoms with van der Waals surface area (Å²) in [5.74, 6) is -0.130. The maximum atomic E-state index is 12.8. The third kappa shape index (κ3) is 4.83. The van der Waals surface area contributed by atoms with Crippen molar-refractivity contribution in [2.75, 3.05) is 25.6 Å². The van der Waals surface area contributed by atoms with Gasteiger partial charge in [-0.2, -0.15) is 0 Å². The Kier molecular flexibility index (Phi) is 4.65. The van der Waals surface area contributed by atoms with E-state index in [0.29, 0.717) is 6.54 Å².